The van der Waals surface area contributed by atoms with Crippen molar-refractivity contribution < 1.29 is 4.74 Å². The van der Waals surface area contributed by atoms with Crippen molar-refractivity contribution in [1.82, 2.24) is 15.3 Å². The van der Waals surface area contributed by atoms with Gasteiger partial charge >= 0.3 is 0 Å². The summed E-state index contributed by atoms with van der Waals surface area (Å²) in [5.41, 5.74) is 1.02. The van der Waals surface area contributed by atoms with Crippen molar-refractivity contribution in [1.29, 1.82) is 0 Å². The number of hydrogen-bond donors (Lipinski definition) is 1. The van der Waals surface area contributed by atoms with Gasteiger partial charge in [0.2, 0.25) is 0 Å². The predicted octanol–water partition coefficient (Wildman–Crippen LogP) is 1.34. The third-order valence-corrected chi connectivity index (χ3v) is 3.76. The summed E-state index contributed by atoms with van der Waals surface area (Å²) >= 11 is 0. The topological polar surface area (TPSA) is 50.3 Å². The second-order valence-electron chi connectivity index (χ2n) is 5.37. The van der Waals surface area contributed by atoms with Gasteiger partial charge in [0.1, 0.15) is 5.82 Å². The van der Waals surface area contributed by atoms with Gasteiger partial charge in [0.15, 0.2) is 0 Å². The van der Waals surface area contributed by atoms with E-state index in [2.05, 4.69) is 27.1 Å². The SMILES string of the molecule is CCC1CN(c2cnc(CNC3CC3)cn2)CCO1. The summed E-state index contributed by atoms with van der Waals surface area (Å²) in [4.78, 5) is 11.3. The second-order valence-corrected chi connectivity index (χ2v) is 5.37. The zero-order valence-corrected chi connectivity index (χ0v) is 11.5. The minimum Gasteiger partial charge on any atom is -0.375 e. The van der Waals surface area contributed by atoms with Crippen molar-refractivity contribution in [3.63, 3.8) is 0 Å². The number of hydrogen-bond acceptors (Lipinski definition) is 5. The molecule has 0 aromatic carbocycles. The van der Waals surface area contributed by atoms with E-state index < -0.39 is 0 Å². The molecule has 2 fully saturated rings. The van der Waals surface area contributed by atoms with E-state index in [1.54, 1.807) is 0 Å². The van der Waals surface area contributed by atoms with Gasteiger partial charge in [0.05, 0.1) is 30.8 Å². The van der Waals surface area contributed by atoms with Gasteiger partial charge in [-0.25, -0.2) is 4.98 Å². The molecule has 1 aliphatic carbocycles. The number of nitrogens with zero attached hydrogens (tertiary/aromatic N) is 3. The molecule has 1 aliphatic heterocycles. The molecular formula is C14H22N4O. The van der Waals surface area contributed by atoms with Crippen LogP contribution in [0.2, 0.25) is 0 Å². The number of ether oxygens (including phenoxy) is 1. The van der Waals surface area contributed by atoms with E-state index in [1.165, 1.54) is 12.8 Å². The van der Waals surface area contributed by atoms with Crippen LogP contribution in [0.3, 0.4) is 0 Å². The lowest BCUT2D eigenvalue weighted by Gasteiger charge is -2.33. The molecular weight excluding hydrogens is 240 g/mol. The van der Waals surface area contributed by atoms with Crippen LogP contribution in [0.4, 0.5) is 5.82 Å². The van der Waals surface area contributed by atoms with E-state index in [4.69, 9.17) is 4.74 Å². The Morgan fingerprint density at radius 3 is 2.95 bits per heavy atom. The average Bonchev–Trinajstić information content (AvgIpc) is 3.30. The molecule has 1 saturated carbocycles. The molecule has 2 aliphatic rings. The number of rotatable bonds is 5. The second kappa shape index (κ2) is 5.84. The van der Waals surface area contributed by atoms with Crippen LogP contribution in [0, 0.1) is 0 Å². The van der Waals surface area contributed by atoms with Crippen molar-refractivity contribution in [2.24, 2.45) is 0 Å². The Bertz CT molecular complexity index is 404. The molecule has 104 valence electrons. The van der Waals surface area contributed by atoms with Crippen LogP contribution in [-0.2, 0) is 11.3 Å². The Balaban J connectivity index is 1.57. The van der Waals surface area contributed by atoms with Crippen LogP contribution in [0.5, 0.6) is 0 Å². The smallest absolute Gasteiger partial charge is 0.147 e. The van der Waals surface area contributed by atoms with Crippen molar-refractivity contribution in [2.75, 3.05) is 24.6 Å². The van der Waals surface area contributed by atoms with Gasteiger partial charge in [0, 0.05) is 25.7 Å². The fourth-order valence-electron chi connectivity index (χ4n) is 2.31. The number of nitrogens with one attached hydrogen (secondary N) is 1. The largest absolute Gasteiger partial charge is 0.375 e. The highest BCUT2D eigenvalue weighted by molar-refractivity contribution is 5.36. The van der Waals surface area contributed by atoms with Gasteiger partial charge in [-0.1, -0.05) is 6.92 Å². The third-order valence-electron chi connectivity index (χ3n) is 3.76. The normalized spacial score (nSPS) is 23.6. The summed E-state index contributed by atoms with van der Waals surface area (Å²) in [6.45, 7) is 5.60. The Hall–Kier alpha value is -1.20. The molecule has 1 aromatic heterocycles. The summed E-state index contributed by atoms with van der Waals surface area (Å²) in [6, 6.07) is 0.714. The summed E-state index contributed by atoms with van der Waals surface area (Å²) in [5, 5.41) is 3.45. The van der Waals surface area contributed by atoms with E-state index >= 15 is 0 Å². The number of anilines is 1. The van der Waals surface area contributed by atoms with Gasteiger partial charge < -0.3 is 15.0 Å². The molecule has 0 radical (unpaired) electrons. The molecule has 1 saturated heterocycles. The molecule has 5 nitrogen and oxygen atoms in total. The van der Waals surface area contributed by atoms with E-state index in [9.17, 15) is 0 Å². The Labute approximate surface area is 114 Å². The van der Waals surface area contributed by atoms with Crippen molar-refractivity contribution in [2.45, 2.75) is 44.9 Å². The van der Waals surface area contributed by atoms with Crippen molar-refractivity contribution in [3.05, 3.63) is 18.1 Å². The molecule has 0 amide bonds. The van der Waals surface area contributed by atoms with Gasteiger partial charge in [-0.2, -0.15) is 0 Å². The minimum atomic E-state index is 0.326. The monoisotopic (exact) mass is 262 g/mol. The van der Waals surface area contributed by atoms with Crippen molar-refractivity contribution in [3.8, 4) is 0 Å². The maximum absolute atomic E-state index is 5.67. The highest BCUT2D eigenvalue weighted by Crippen LogP contribution is 2.19. The first-order valence-corrected chi connectivity index (χ1v) is 7.26. The van der Waals surface area contributed by atoms with Crippen LogP contribution >= 0.6 is 0 Å². The maximum atomic E-state index is 5.67. The van der Waals surface area contributed by atoms with Crippen LogP contribution in [0.1, 0.15) is 31.9 Å². The Morgan fingerprint density at radius 2 is 2.26 bits per heavy atom. The minimum absolute atomic E-state index is 0.326. The summed E-state index contributed by atoms with van der Waals surface area (Å²) in [7, 11) is 0. The van der Waals surface area contributed by atoms with Gasteiger partial charge in [-0.05, 0) is 19.3 Å². The third kappa shape index (κ3) is 3.42. The molecule has 5 heteroatoms. The summed E-state index contributed by atoms with van der Waals surface area (Å²) in [5.74, 6) is 0.969. The molecule has 1 atom stereocenters. The molecule has 1 aromatic rings. The molecule has 3 rings (SSSR count). The lowest BCUT2D eigenvalue weighted by atomic mass is 10.2. The fourth-order valence-corrected chi connectivity index (χ4v) is 2.31. The summed E-state index contributed by atoms with van der Waals surface area (Å²) < 4.78 is 5.67. The zero-order valence-electron chi connectivity index (χ0n) is 11.5. The molecule has 19 heavy (non-hydrogen) atoms. The van der Waals surface area contributed by atoms with Crippen LogP contribution < -0.4 is 10.2 Å². The Morgan fingerprint density at radius 1 is 1.37 bits per heavy atom. The number of aromatic nitrogens is 2. The number of morpholine rings is 1. The van der Waals surface area contributed by atoms with Gasteiger partial charge in [-0.15, -0.1) is 0 Å². The first-order chi connectivity index (χ1) is 9.35. The standard InChI is InChI=1S/C14H22N4O/c1-2-13-10-18(5-6-19-13)14-9-16-12(8-17-14)7-15-11-3-4-11/h8-9,11,13,15H,2-7,10H2,1H3. The Kier molecular flexibility index (Phi) is 3.94. The fraction of sp³-hybridized carbons (Fsp3) is 0.714. The molecule has 0 spiro atoms. The van der Waals surface area contributed by atoms with E-state index in [0.717, 1.165) is 44.2 Å². The van der Waals surface area contributed by atoms with Gasteiger partial charge in [0.25, 0.3) is 0 Å². The van der Waals surface area contributed by atoms with Gasteiger partial charge in [-0.3, -0.25) is 4.98 Å². The highest BCUT2D eigenvalue weighted by atomic mass is 16.5. The molecule has 1 N–H and O–H groups in total. The molecule has 1 unspecified atom stereocenters. The molecule has 2 heterocycles. The molecule has 0 bridgehead atoms. The quantitative estimate of drug-likeness (QED) is 0.868. The van der Waals surface area contributed by atoms with E-state index in [-0.39, 0.29) is 0 Å². The van der Waals surface area contributed by atoms with Crippen molar-refractivity contribution >= 4 is 5.82 Å². The van der Waals surface area contributed by atoms with Crippen LogP contribution in [-0.4, -0.2) is 41.8 Å². The lowest BCUT2D eigenvalue weighted by Crippen LogP contribution is -2.42. The average molecular weight is 262 g/mol. The first-order valence-electron chi connectivity index (χ1n) is 7.26. The predicted molar refractivity (Wildman–Crippen MR) is 74.1 cm³/mol. The van der Waals surface area contributed by atoms with Crippen LogP contribution in [0.15, 0.2) is 12.4 Å². The lowest BCUT2D eigenvalue weighted by molar-refractivity contribution is 0.0381. The maximum Gasteiger partial charge on any atom is 0.147 e. The first kappa shape index (κ1) is 12.8. The van der Waals surface area contributed by atoms with E-state index in [0.29, 0.717) is 12.1 Å². The summed E-state index contributed by atoms with van der Waals surface area (Å²) in [6.07, 6.45) is 7.76. The zero-order chi connectivity index (χ0) is 13.1. The van der Waals surface area contributed by atoms with Crippen LogP contribution in [0.25, 0.3) is 0 Å². The van der Waals surface area contributed by atoms with E-state index in [1.807, 2.05) is 12.4 Å². The highest BCUT2D eigenvalue weighted by Gasteiger charge is 2.21.